The molecule has 0 fully saturated rings. The maximum absolute atomic E-state index is 13.4. The van der Waals surface area contributed by atoms with Crippen LogP contribution in [0.25, 0.3) is 28.7 Å². The van der Waals surface area contributed by atoms with Crippen LogP contribution in [0.15, 0.2) is 54.9 Å². The molecule has 3 rings (SSSR count). The van der Waals surface area contributed by atoms with Crippen LogP contribution < -0.4 is 0 Å². The van der Waals surface area contributed by atoms with Crippen LogP contribution in [0.1, 0.15) is 25.6 Å². The van der Waals surface area contributed by atoms with Crippen LogP contribution in [-0.4, -0.2) is 26.2 Å². The summed E-state index contributed by atoms with van der Waals surface area (Å²) in [6.07, 6.45) is 6.92. The minimum atomic E-state index is -0.282. The second-order valence-electron chi connectivity index (χ2n) is 6.00. The number of imidazole rings is 1. The summed E-state index contributed by atoms with van der Waals surface area (Å²) in [6.45, 7) is 4.07. The van der Waals surface area contributed by atoms with Crippen LogP contribution in [0.4, 0.5) is 4.39 Å². The SMILES string of the molecule is CC(C)c1nc(-c2ccncc2)c(-c2ccc(F)cc2)n1/C=C/CO. The highest BCUT2D eigenvalue weighted by molar-refractivity contribution is 5.80. The van der Waals surface area contributed by atoms with Crippen molar-refractivity contribution in [2.75, 3.05) is 6.61 Å². The fourth-order valence-corrected chi connectivity index (χ4v) is 2.76. The Labute approximate surface area is 146 Å². The van der Waals surface area contributed by atoms with Gasteiger partial charge in [0.05, 0.1) is 18.0 Å². The molecule has 0 unspecified atom stereocenters. The number of nitrogens with zero attached hydrogens (tertiary/aromatic N) is 3. The van der Waals surface area contributed by atoms with Crippen LogP contribution in [0, 0.1) is 5.82 Å². The zero-order valence-electron chi connectivity index (χ0n) is 14.2. The number of aliphatic hydroxyl groups excluding tert-OH is 1. The van der Waals surface area contributed by atoms with Gasteiger partial charge in [0, 0.05) is 35.6 Å². The van der Waals surface area contributed by atoms with E-state index in [1.165, 1.54) is 12.1 Å². The maximum atomic E-state index is 13.4. The summed E-state index contributed by atoms with van der Waals surface area (Å²) in [5, 5.41) is 9.20. The molecule has 0 aliphatic carbocycles. The Morgan fingerprint density at radius 1 is 1.08 bits per heavy atom. The maximum Gasteiger partial charge on any atom is 0.123 e. The summed E-state index contributed by atoms with van der Waals surface area (Å²) in [7, 11) is 0. The van der Waals surface area contributed by atoms with Gasteiger partial charge in [0.25, 0.3) is 0 Å². The zero-order valence-corrected chi connectivity index (χ0v) is 14.2. The summed E-state index contributed by atoms with van der Waals surface area (Å²) in [5.74, 6) is 0.768. The van der Waals surface area contributed by atoms with Crippen LogP contribution >= 0.6 is 0 Å². The van der Waals surface area contributed by atoms with Gasteiger partial charge < -0.3 is 9.67 Å². The Balaban J connectivity index is 2.30. The predicted molar refractivity (Wildman–Crippen MR) is 97.4 cm³/mol. The average Bonchev–Trinajstić information content (AvgIpc) is 3.01. The highest BCUT2D eigenvalue weighted by Gasteiger charge is 2.20. The molecule has 0 amide bonds. The molecule has 25 heavy (non-hydrogen) atoms. The van der Waals surface area contributed by atoms with E-state index >= 15 is 0 Å². The number of benzene rings is 1. The third-order valence-electron chi connectivity index (χ3n) is 3.89. The summed E-state index contributed by atoms with van der Waals surface area (Å²) in [4.78, 5) is 8.91. The number of rotatable bonds is 5. The minimum absolute atomic E-state index is 0.0663. The van der Waals surface area contributed by atoms with Crippen molar-refractivity contribution in [2.24, 2.45) is 0 Å². The van der Waals surface area contributed by atoms with Crippen molar-refractivity contribution in [3.05, 3.63) is 66.5 Å². The van der Waals surface area contributed by atoms with E-state index in [4.69, 9.17) is 4.98 Å². The largest absolute Gasteiger partial charge is 0.392 e. The number of halogens is 1. The monoisotopic (exact) mass is 337 g/mol. The van der Waals surface area contributed by atoms with Crippen molar-refractivity contribution in [1.29, 1.82) is 0 Å². The average molecular weight is 337 g/mol. The fourth-order valence-electron chi connectivity index (χ4n) is 2.76. The lowest BCUT2D eigenvalue weighted by Crippen LogP contribution is -2.01. The molecule has 2 aromatic heterocycles. The summed E-state index contributed by atoms with van der Waals surface area (Å²) in [6, 6.07) is 10.2. The molecule has 0 saturated heterocycles. The van der Waals surface area contributed by atoms with Crippen LogP contribution in [0.3, 0.4) is 0 Å². The summed E-state index contributed by atoms with van der Waals surface area (Å²) in [5.41, 5.74) is 3.46. The van der Waals surface area contributed by atoms with Crippen molar-refractivity contribution < 1.29 is 9.50 Å². The first kappa shape index (κ1) is 17.0. The first-order valence-corrected chi connectivity index (χ1v) is 8.17. The van der Waals surface area contributed by atoms with Gasteiger partial charge in [-0.3, -0.25) is 4.98 Å². The van der Waals surface area contributed by atoms with Gasteiger partial charge >= 0.3 is 0 Å². The zero-order chi connectivity index (χ0) is 17.8. The third-order valence-corrected chi connectivity index (χ3v) is 3.89. The normalized spacial score (nSPS) is 11.6. The van der Waals surface area contributed by atoms with E-state index in [9.17, 15) is 9.50 Å². The predicted octanol–water partition coefficient (Wildman–Crippen LogP) is 4.34. The molecule has 0 bridgehead atoms. The Morgan fingerprint density at radius 3 is 2.36 bits per heavy atom. The third kappa shape index (κ3) is 3.51. The number of aliphatic hydroxyl groups is 1. The molecule has 1 N–H and O–H groups in total. The van der Waals surface area contributed by atoms with Gasteiger partial charge in [0.15, 0.2) is 0 Å². The molecule has 0 atom stereocenters. The minimum Gasteiger partial charge on any atom is -0.392 e. The number of hydrogen-bond acceptors (Lipinski definition) is 3. The molecule has 0 aliphatic heterocycles. The van der Waals surface area contributed by atoms with Crippen LogP contribution in [0.5, 0.6) is 0 Å². The van der Waals surface area contributed by atoms with Crippen molar-refractivity contribution in [3.8, 4) is 22.5 Å². The van der Waals surface area contributed by atoms with Crippen molar-refractivity contribution in [1.82, 2.24) is 14.5 Å². The van der Waals surface area contributed by atoms with Gasteiger partial charge in [-0.1, -0.05) is 13.8 Å². The van der Waals surface area contributed by atoms with E-state index in [0.29, 0.717) is 0 Å². The topological polar surface area (TPSA) is 50.9 Å². The number of hydrogen-bond donors (Lipinski definition) is 1. The Hall–Kier alpha value is -2.79. The summed E-state index contributed by atoms with van der Waals surface area (Å²) < 4.78 is 15.3. The lowest BCUT2D eigenvalue weighted by Gasteiger charge is -2.10. The first-order valence-electron chi connectivity index (χ1n) is 8.17. The number of aromatic nitrogens is 3. The second-order valence-corrected chi connectivity index (χ2v) is 6.00. The molecule has 1 aromatic carbocycles. The molecule has 0 spiro atoms. The molecular weight excluding hydrogens is 317 g/mol. The fraction of sp³-hybridized carbons (Fsp3) is 0.200. The quantitative estimate of drug-likeness (QED) is 0.753. The molecule has 0 aliphatic rings. The number of pyridine rings is 1. The van der Waals surface area contributed by atoms with E-state index in [1.54, 1.807) is 30.6 Å². The smallest absolute Gasteiger partial charge is 0.123 e. The Morgan fingerprint density at radius 2 is 1.76 bits per heavy atom. The van der Waals surface area contributed by atoms with Crippen molar-refractivity contribution in [3.63, 3.8) is 0 Å². The van der Waals surface area contributed by atoms with Crippen molar-refractivity contribution in [2.45, 2.75) is 19.8 Å². The second kappa shape index (κ2) is 7.40. The van der Waals surface area contributed by atoms with Gasteiger partial charge in [-0.25, -0.2) is 9.37 Å². The molecule has 4 nitrogen and oxygen atoms in total. The van der Waals surface area contributed by atoms with Gasteiger partial charge in [-0.2, -0.15) is 0 Å². The molecule has 0 saturated carbocycles. The van der Waals surface area contributed by atoms with Crippen LogP contribution in [-0.2, 0) is 0 Å². The van der Waals surface area contributed by atoms with Crippen molar-refractivity contribution >= 4 is 6.20 Å². The van der Waals surface area contributed by atoms with Crippen LogP contribution in [0.2, 0.25) is 0 Å². The lowest BCUT2D eigenvalue weighted by molar-refractivity contribution is 0.343. The highest BCUT2D eigenvalue weighted by Crippen LogP contribution is 2.35. The standard InChI is InChI=1S/C20H20FN3O/c1-14(2)20-23-18(15-8-10-22-11-9-15)19(24(20)12-3-13-25)16-4-6-17(21)7-5-16/h3-12,14,25H,13H2,1-2H3/b12-3+. The lowest BCUT2D eigenvalue weighted by atomic mass is 10.1. The highest BCUT2D eigenvalue weighted by atomic mass is 19.1. The molecule has 0 radical (unpaired) electrons. The molecular formula is C20H20FN3O. The van der Waals surface area contributed by atoms with Gasteiger partial charge in [0.1, 0.15) is 11.6 Å². The summed E-state index contributed by atoms with van der Waals surface area (Å²) >= 11 is 0. The van der Waals surface area contributed by atoms with E-state index in [-0.39, 0.29) is 18.3 Å². The van der Waals surface area contributed by atoms with Gasteiger partial charge in [-0.15, -0.1) is 0 Å². The molecule has 128 valence electrons. The Bertz CT molecular complexity index is 868. The van der Waals surface area contributed by atoms with E-state index in [0.717, 1.165) is 28.3 Å². The Kier molecular flexibility index (Phi) is 5.05. The first-order chi connectivity index (χ1) is 12.1. The van der Waals surface area contributed by atoms with E-state index in [2.05, 4.69) is 18.8 Å². The van der Waals surface area contributed by atoms with E-state index in [1.807, 2.05) is 22.9 Å². The van der Waals surface area contributed by atoms with E-state index < -0.39 is 0 Å². The van der Waals surface area contributed by atoms with Gasteiger partial charge in [-0.05, 0) is 42.5 Å². The molecule has 3 aromatic rings. The molecule has 2 heterocycles. The van der Waals surface area contributed by atoms with Gasteiger partial charge in [0.2, 0.25) is 0 Å². The molecule has 5 heteroatoms.